The van der Waals surface area contributed by atoms with E-state index in [2.05, 4.69) is 9.98 Å². The summed E-state index contributed by atoms with van der Waals surface area (Å²) in [5.74, 6) is 0.240. The molecule has 1 aliphatic heterocycles. The lowest BCUT2D eigenvalue weighted by Crippen LogP contribution is -2.57. The molecule has 0 saturated heterocycles. The molecule has 0 aromatic rings. The van der Waals surface area contributed by atoms with Crippen LogP contribution in [0.2, 0.25) is 0 Å². The van der Waals surface area contributed by atoms with Crippen molar-refractivity contribution in [3.63, 3.8) is 0 Å². The van der Waals surface area contributed by atoms with Crippen molar-refractivity contribution in [3.8, 4) is 0 Å². The molecule has 0 aliphatic carbocycles. The van der Waals surface area contributed by atoms with E-state index < -0.39 is 19.8 Å². The summed E-state index contributed by atoms with van der Waals surface area (Å²) in [5.41, 5.74) is 0. The third-order valence-electron chi connectivity index (χ3n) is 2.80. The molecule has 128 valence electrons. The molecule has 0 aromatic heterocycles. The van der Waals surface area contributed by atoms with Gasteiger partial charge in [0.1, 0.15) is 13.5 Å². The minimum Gasteiger partial charge on any atom is -0.379 e. The van der Waals surface area contributed by atoms with Crippen molar-refractivity contribution in [1.82, 2.24) is 20.3 Å². The highest BCUT2D eigenvalue weighted by Gasteiger charge is 2.35. The van der Waals surface area contributed by atoms with Gasteiger partial charge in [-0.05, 0) is 0 Å². The predicted molar refractivity (Wildman–Crippen MR) is 74.1 cm³/mol. The summed E-state index contributed by atoms with van der Waals surface area (Å²) in [5, 5.41) is 22.3. The highest BCUT2D eigenvalue weighted by Crippen LogP contribution is 2.17. The van der Waals surface area contributed by atoms with Crippen molar-refractivity contribution in [2.75, 3.05) is 48.9 Å². The molecule has 12 heteroatoms. The molecule has 1 unspecified atom stereocenters. The summed E-state index contributed by atoms with van der Waals surface area (Å²) in [4.78, 5) is 29.8. The lowest BCUT2D eigenvalue weighted by atomic mass is 10.5. The first-order chi connectivity index (χ1) is 10.6. The van der Waals surface area contributed by atoms with Crippen molar-refractivity contribution in [2.45, 2.75) is 6.29 Å². The SMILES string of the molecule is CON(C)C1=NC(N(OC)OC)=NC(N(CO)OC)N1CO. The molecule has 0 saturated carbocycles. The second kappa shape index (κ2) is 8.79. The number of hydroxylamine groups is 6. The van der Waals surface area contributed by atoms with Crippen LogP contribution in [0.1, 0.15) is 0 Å². The lowest BCUT2D eigenvalue weighted by Gasteiger charge is -2.39. The fraction of sp³-hybridized carbons (Fsp3) is 0.800. The average molecular weight is 322 g/mol. The fourth-order valence-electron chi connectivity index (χ4n) is 1.70. The van der Waals surface area contributed by atoms with Crippen molar-refractivity contribution in [3.05, 3.63) is 0 Å². The van der Waals surface area contributed by atoms with Gasteiger partial charge in [0.25, 0.3) is 5.96 Å². The Hall–Kier alpha value is -1.54. The standard InChI is InChI=1S/C10H22N6O6/c1-13(19-2)9-11-8(16(21-4)22-5)12-10(14(9)6-17)15(7-18)20-3/h10,17-18H,6-7H2,1-5H3. The monoisotopic (exact) mass is 322 g/mol. The summed E-state index contributed by atoms with van der Waals surface area (Å²) in [6.45, 7) is -0.924. The molecular weight excluding hydrogens is 300 g/mol. The van der Waals surface area contributed by atoms with Crippen LogP contribution < -0.4 is 0 Å². The molecule has 1 atom stereocenters. The highest BCUT2D eigenvalue weighted by atomic mass is 16.9. The molecule has 0 bridgehead atoms. The van der Waals surface area contributed by atoms with E-state index in [0.29, 0.717) is 0 Å². The van der Waals surface area contributed by atoms with Gasteiger partial charge in [-0.1, -0.05) is 5.23 Å². The Morgan fingerprint density at radius 3 is 2.14 bits per heavy atom. The summed E-state index contributed by atoms with van der Waals surface area (Å²) in [6.07, 6.45) is -0.923. The van der Waals surface area contributed by atoms with E-state index >= 15 is 0 Å². The quantitative estimate of drug-likeness (QED) is 0.402. The zero-order chi connectivity index (χ0) is 16.7. The maximum atomic E-state index is 9.61. The Balaban J connectivity index is 3.27. The number of rotatable bonds is 7. The van der Waals surface area contributed by atoms with Crippen LogP contribution in [-0.2, 0) is 19.4 Å². The van der Waals surface area contributed by atoms with E-state index in [1.807, 2.05) is 0 Å². The Kier molecular flexibility index (Phi) is 7.40. The van der Waals surface area contributed by atoms with Gasteiger partial charge in [0.05, 0.1) is 28.4 Å². The molecule has 0 amide bonds. The van der Waals surface area contributed by atoms with Gasteiger partial charge in [-0.25, -0.2) is 19.7 Å². The topological polar surface area (TPSA) is 115 Å². The van der Waals surface area contributed by atoms with E-state index in [4.69, 9.17) is 19.4 Å². The smallest absolute Gasteiger partial charge is 0.279 e. The third kappa shape index (κ3) is 3.80. The zero-order valence-electron chi connectivity index (χ0n) is 13.2. The summed E-state index contributed by atoms with van der Waals surface area (Å²) >= 11 is 0. The van der Waals surface area contributed by atoms with Crippen LogP contribution >= 0.6 is 0 Å². The average Bonchev–Trinajstić information content (AvgIpc) is 2.56. The Bertz CT molecular complexity index is 399. The Morgan fingerprint density at radius 1 is 1.09 bits per heavy atom. The molecule has 1 aliphatic rings. The summed E-state index contributed by atoms with van der Waals surface area (Å²) in [6, 6.07) is 0. The lowest BCUT2D eigenvalue weighted by molar-refractivity contribution is -0.290. The highest BCUT2D eigenvalue weighted by molar-refractivity contribution is 5.95. The van der Waals surface area contributed by atoms with Crippen LogP contribution in [0.5, 0.6) is 0 Å². The Morgan fingerprint density at radius 2 is 1.73 bits per heavy atom. The summed E-state index contributed by atoms with van der Waals surface area (Å²) in [7, 11) is 7.12. The van der Waals surface area contributed by atoms with E-state index in [-0.39, 0.29) is 11.9 Å². The molecule has 1 heterocycles. The van der Waals surface area contributed by atoms with Gasteiger partial charge in [-0.3, -0.25) is 14.6 Å². The van der Waals surface area contributed by atoms with Gasteiger partial charge in [0, 0.05) is 7.05 Å². The number of aliphatic hydroxyl groups excluding tert-OH is 2. The molecule has 0 spiro atoms. The maximum absolute atomic E-state index is 9.61. The normalized spacial score (nSPS) is 18.4. The molecule has 0 aromatic carbocycles. The second-order valence-corrected chi connectivity index (χ2v) is 3.84. The first-order valence-electron chi connectivity index (χ1n) is 6.19. The summed E-state index contributed by atoms with van der Waals surface area (Å²) < 4.78 is 0. The van der Waals surface area contributed by atoms with E-state index in [1.54, 1.807) is 7.05 Å². The van der Waals surface area contributed by atoms with Crippen LogP contribution in [0, 0.1) is 0 Å². The van der Waals surface area contributed by atoms with Gasteiger partial charge in [-0.2, -0.15) is 4.99 Å². The van der Waals surface area contributed by atoms with Gasteiger partial charge >= 0.3 is 0 Å². The van der Waals surface area contributed by atoms with Crippen LogP contribution in [0.4, 0.5) is 0 Å². The minimum atomic E-state index is -0.923. The van der Waals surface area contributed by atoms with Crippen LogP contribution in [0.25, 0.3) is 0 Å². The number of hydrogen-bond acceptors (Lipinski definition) is 12. The van der Waals surface area contributed by atoms with Crippen LogP contribution in [0.15, 0.2) is 9.98 Å². The molecule has 1 rings (SSSR count). The molecule has 0 fully saturated rings. The van der Waals surface area contributed by atoms with Crippen molar-refractivity contribution in [2.24, 2.45) is 9.98 Å². The first kappa shape index (κ1) is 18.5. The van der Waals surface area contributed by atoms with Gasteiger partial charge in [0.15, 0.2) is 0 Å². The molecule has 22 heavy (non-hydrogen) atoms. The Labute approximate surface area is 128 Å². The van der Waals surface area contributed by atoms with E-state index in [1.165, 1.54) is 38.4 Å². The maximum Gasteiger partial charge on any atom is 0.279 e. The minimum absolute atomic E-state index is 0.0362. The van der Waals surface area contributed by atoms with Crippen molar-refractivity contribution >= 4 is 11.9 Å². The molecule has 12 nitrogen and oxygen atoms in total. The van der Waals surface area contributed by atoms with E-state index in [9.17, 15) is 10.2 Å². The fourth-order valence-corrected chi connectivity index (χ4v) is 1.70. The molecule has 0 radical (unpaired) electrons. The van der Waals surface area contributed by atoms with Crippen molar-refractivity contribution in [1.29, 1.82) is 0 Å². The van der Waals surface area contributed by atoms with Crippen LogP contribution in [-0.4, -0.2) is 97.6 Å². The number of hydrogen-bond donors (Lipinski definition) is 2. The third-order valence-corrected chi connectivity index (χ3v) is 2.80. The first-order valence-corrected chi connectivity index (χ1v) is 6.19. The molecular formula is C10H22N6O6. The number of aliphatic hydroxyl groups is 2. The largest absolute Gasteiger partial charge is 0.379 e. The number of aliphatic imine (C=N–C) groups is 2. The zero-order valence-corrected chi connectivity index (χ0v) is 13.2. The van der Waals surface area contributed by atoms with Crippen LogP contribution in [0.3, 0.4) is 0 Å². The molecule has 2 N–H and O–H groups in total. The van der Waals surface area contributed by atoms with Gasteiger partial charge in [0.2, 0.25) is 12.2 Å². The van der Waals surface area contributed by atoms with Gasteiger partial charge < -0.3 is 10.2 Å². The van der Waals surface area contributed by atoms with Crippen molar-refractivity contribution < 1.29 is 29.6 Å². The predicted octanol–water partition coefficient (Wildman–Crippen LogP) is -2.02. The van der Waals surface area contributed by atoms with E-state index in [0.717, 1.165) is 10.3 Å². The number of guanidine groups is 2. The number of nitrogens with zero attached hydrogens (tertiary/aromatic N) is 6. The second-order valence-electron chi connectivity index (χ2n) is 3.84. The van der Waals surface area contributed by atoms with Gasteiger partial charge in [-0.15, -0.1) is 5.06 Å².